The molecule has 100 valence electrons. The summed E-state index contributed by atoms with van der Waals surface area (Å²) < 4.78 is 23.9. The van der Waals surface area contributed by atoms with Crippen LogP contribution in [-0.2, 0) is 11.9 Å². The molecule has 0 aliphatic rings. The van der Waals surface area contributed by atoms with Gasteiger partial charge in [0.1, 0.15) is 18.2 Å². The predicted octanol–water partition coefficient (Wildman–Crippen LogP) is 3.70. The fourth-order valence-corrected chi connectivity index (χ4v) is 1.91. The van der Waals surface area contributed by atoms with Gasteiger partial charge < -0.3 is 9.47 Å². The fraction of sp³-hybridized carbons (Fsp3) is 0.214. The van der Waals surface area contributed by atoms with Gasteiger partial charge in [-0.1, -0.05) is 22.0 Å². The first kappa shape index (κ1) is 13.8. The van der Waals surface area contributed by atoms with E-state index in [0.717, 1.165) is 11.3 Å². The largest absolute Gasteiger partial charge is 0.487 e. The van der Waals surface area contributed by atoms with Crippen LogP contribution in [-0.4, -0.2) is 12.1 Å². The van der Waals surface area contributed by atoms with E-state index in [9.17, 15) is 4.39 Å². The zero-order valence-corrected chi connectivity index (χ0v) is 12.0. The van der Waals surface area contributed by atoms with Crippen LogP contribution in [0, 0.1) is 5.82 Å². The van der Waals surface area contributed by atoms with Gasteiger partial charge >= 0.3 is 0 Å². The van der Waals surface area contributed by atoms with Crippen LogP contribution in [0.25, 0.3) is 0 Å². The van der Waals surface area contributed by atoms with Gasteiger partial charge in [0.25, 0.3) is 0 Å². The smallest absolute Gasteiger partial charge is 0.213 e. The highest BCUT2D eigenvalue weighted by Crippen LogP contribution is 2.19. The minimum absolute atomic E-state index is 0.266. The Kier molecular flexibility index (Phi) is 4.74. The first-order chi connectivity index (χ1) is 9.21. The van der Waals surface area contributed by atoms with Crippen molar-refractivity contribution in [3.63, 3.8) is 0 Å². The Morgan fingerprint density at radius 1 is 1.26 bits per heavy atom. The molecule has 2 aromatic rings. The van der Waals surface area contributed by atoms with Crippen LogP contribution in [0.3, 0.4) is 0 Å². The Hall–Kier alpha value is -1.62. The molecule has 5 heteroatoms. The molecule has 0 bridgehead atoms. The van der Waals surface area contributed by atoms with E-state index in [1.54, 1.807) is 19.2 Å². The van der Waals surface area contributed by atoms with Crippen molar-refractivity contribution < 1.29 is 13.9 Å². The maximum Gasteiger partial charge on any atom is 0.213 e. The molecule has 3 nitrogen and oxygen atoms in total. The van der Waals surface area contributed by atoms with E-state index in [4.69, 9.17) is 9.47 Å². The molecule has 0 N–H and O–H groups in total. The van der Waals surface area contributed by atoms with Crippen molar-refractivity contribution in [1.82, 2.24) is 4.98 Å². The molecule has 1 aromatic heterocycles. The van der Waals surface area contributed by atoms with Crippen molar-refractivity contribution in [3.05, 3.63) is 53.5 Å². The van der Waals surface area contributed by atoms with E-state index in [1.807, 2.05) is 12.1 Å². The van der Waals surface area contributed by atoms with E-state index in [2.05, 4.69) is 20.9 Å². The third-order valence-electron chi connectivity index (χ3n) is 2.46. The quantitative estimate of drug-likeness (QED) is 0.785. The van der Waals surface area contributed by atoms with Crippen molar-refractivity contribution >= 4 is 15.9 Å². The summed E-state index contributed by atoms with van der Waals surface area (Å²) in [5, 5.41) is 0.582. The lowest BCUT2D eigenvalue weighted by Crippen LogP contribution is -2.00. The lowest BCUT2D eigenvalue weighted by Gasteiger charge is -2.08. The number of aromatic nitrogens is 1. The number of alkyl halides is 1. The minimum atomic E-state index is -0.314. The van der Waals surface area contributed by atoms with E-state index in [1.165, 1.54) is 12.1 Å². The van der Waals surface area contributed by atoms with Gasteiger partial charge in [0.15, 0.2) is 0 Å². The highest BCUT2D eigenvalue weighted by molar-refractivity contribution is 9.08. The number of methoxy groups -OCH3 is 1. The van der Waals surface area contributed by atoms with Gasteiger partial charge in [-0.15, -0.1) is 0 Å². The summed E-state index contributed by atoms with van der Waals surface area (Å²) in [6, 6.07) is 10.0. The number of rotatable bonds is 5. The summed E-state index contributed by atoms with van der Waals surface area (Å²) in [6.07, 6.45) is 0. The lowest BCUT2D eigenvalue weighted by molar-refractivity contribution is 0.296. The van der Waals surface area contributed by atoms with Crippen LogP contribution >= 0.6 is 15.9 Å². The van der Waals surface area contributed by atoms with Crippen molar-refractivity contribution in [1.29, 1.82) is 0 Å². The van der Waals surface area contributed by atoms with Crippen LogP contribution in [0.15, 0.2) is 36.4 Å². The molecule has 1 aromatic carbocycles. The van der Waals surface area contributed by atoms with Crippen molar-refractivity contribution in [3.8, 4) is 11.6 Å². The molecule has 0 spiro atoms. The van der Waals surface area contributed by atoms with Crippen LogP contribution in [0.5, 0.6) is 11.6 Å². The summed E-state index contributed by atoms with van der Waals surface area (Å²) >= 11 is 3.29. The van der Waals surface area contributed by atoms with Gasteiger partial charge in [-0.25, -0.2) is 9.37 Å². The summed E-state index contributed by atoms with van der Waals surface area (Å²) in [7, 11) is 1.56. The molecular formula is C14H13BrFNO2. The first-order valence-electron chi connectivity index (χ1n) is 5.69. The first-order valence-corrected chi connectivity index (χ1v) is 6.81. The maximum absolute atomic E-state index is 13.3. The van der Waals surface area contributed by atoms with Crippen LogP contribution in [0.1, 0.15) is 11.3 Å². The summed E-state index contributed by atoms with van der Waals surface area (Å²) in [4.78, 5) is 4.22. The van der Waals surface area contributed by atoms with E-state index in [0.29, 0.717) is 17.0 Å². The summed E-state index contributed by atoms with van der Waals surface area (Å²) in [6.45, 7) is 0.266. The number of ether oxygens (including phenoxy) is 2. The molecule has 0 atom stereocenters. The van der Waals surface area contributed by atoms with Crippen molar-refractivity contribution in [2.45, 2.75) is 11.9 Å². The molecule has 0 saturated heterocycles. The van der Waals surface area contributed by atoms with Gasteiger partial charge in [-0.05, 0) is 23.8 Å². The molecule has 1 heterocycles. The van der Waals surface area contributed by atoms with Crippen LogP contribution in [0.2, 0.25) is 0 Å². The second kappa shape index (κ2) is 6.52. The fourth-order valence-electron chi connectivity index (χ4n) is 1.59. The molecule has 19 heavy (non-hydrogen) atoms. The Morgan fingerprint density at radius 3 is 2.84 bits per heavy atom. The Balaban J connectivity index is 2.07. The highest BCUT2D eigenvalue weighted by Gasteiger charge is 2.03. The number of pyridine rings is 1. The second-order valence-electron chi connectivity index (χ2n) is 3.89. The van der Waals surface area contributed by atoms with E-state index in [-0.39, 0.29) is 12.4 Å². The third kappa shape index (κ3) is 3.92. The normalized spacial score (nSPS) is 10.3. The van der Waals surface area contributed by atoms with Crippen LogP contribution in [0.4, 0.5) is 4.39 Å². The molecule has 0 radical (unpaired) electrons. The molecule has 0 saturated carbocycles. The zero-order valence-electron chi connectivity index (χ0n) is 10.4. The SMILES string of the molecule is COc1cccc(COc2cc(F)cc(CBr)c2)n1. The highest BCUT2D eigenvalue weighted by atomic mass is 79.9. The van der Waals surface area contributed by atoms with E-state index < -0.39 is 0 Å². The van der Waals surface area contributed by atoms with Crippen molar-refractivity contribution in [2.75, 3.05) is 7.11 Å². The number of hydrogen-bond donors (Lipinski definition) is 0. The number of hydrogen-bond acceptors (Lipinski definition) is 3. The summed E-state index contributed by atoms with van der Waals surface area (Å²) in [5.41, 5.74) is 1.55. The van der Waals surface area contributed by atoms with Crippen molar-refractivity contribution in [2.24, 2.45) is 0 Å². The Labute approximate surface area is 119 Å². The molecule has 2 rings (SSSR count). The molecule has 0 unspecified atom stereocenters. The predicted molar refractivity (Wildman–Crippen MR) is 74.2 cm³/mol. The Morgan fingerprint density at radius 2 is 2.11 bits per heavy atom. The number of nitrogens with zero attached hydrogens (tertiary/aromatic N) is 1. The average Bonchev–Trinajstić information content (AvgIpc) is 2.44. The molecular weight excluding hydrogens is 313 g/mol. The van der Waals surface area contributed by atoms with Gasteiger partial charge in [-0.3, -0.25) is 0 Å². The van der Waals surface area contributed by atoms with Gasteiger partial charge in [0, 0.05) is 17.5 Å². The number of halogens is 2. The molecule has 0 aliphatic carbocycles. The zero-order chi connectivity index (χ0) is 13.7. The molecule has 0 fully saturated rings. The van der Waals surface area contributed by atoms with Gasteiger partial charge in [-0.2, -0.15) is 0 Å². The molecule has 0 aliphatic heterocycles. The minimum Gasteiger partial charge on any atom is -0.487 e. The van der Waals surface area contributed by atoms with E-state index >= 15 is 0 Å². The second-order valence-corrected chi connectivity index (χ2v) is 4.45. The Bertz CT molecular complexity index is 563. The van der Waals surface area contributed by atoms with Gasteiger partial charge in [0.05, 0.1) is 12.8 Å². The number of benzene rings is 1. The monoisotopic (exact) mass is 325 g/mol. The standard InChI is InChI=1S/C14H13BrFNO2/c1-18-14-4-2-3-12(17-14)9-19-13-6-10(8-15)5-11(16)7-13/h2-7H,8-9H2,1H3. The lowest BCUT2D eigenvalue weighted by atomic mass is 10.2. The molecule has 0 amide bonds. The summed E-state index contributed by atoms with van der Waals surface area (Å²) in [5.74, 6) is 0.700. The third-order valence-corrected chi connectivity index (χ3v) is 3.11. The van der Waals surface area contributed by atoms with Gasteiger partial charge in [0.2, 0.25) is 5.88 Å². The average molecular weight is 326 g/mol. The maximum atomic E-state index is 13.3. The topological polar surface area (TPSA) is 31.4 Å². The van der Waals surface area contributed by atoms with Crippen LogP contribution < -0.4 is 9.47 Å².